The third-order valence-electron chi connectivity index (χ3n) is 3.59. The van der Waals surface area contributed by atoms with E-state index in [-0.39, 0.29) is 11.6 Å². The summed E-state index contributed by atoms with van der Waals surface area (Å²) in [5, 5.41) is 0.312. The topological polar surface area (TPSA) is 60.9 Å². The number of nitrogens with two attached hydrogens (primary N) is 1. The zero-order valence-corrected chi connectivity index (χ0v) is 13.9. The molecule has 4 nitrogen and oxygen atoms in total. The van der Waals surface area contributed by atoms with E-state index >= 15 is 0 Å². The lowest BCUT2D eigenvalue weighted by molar-refractivity contribution is 0.509. The van der Waals surface area contributed by atoms with E-state index in [0.717, 1.165) is 17.7 Å². The molecule has 0 unspecified atom stereocenters. The van der Waals surface area contributed by atoms with Gasteiger partial charge in [0.2, 0.25) is 0 Å². The summed E-state index contributed by atoms with van der Waals surface area (Å²) in [6.07, 6.45) is 1.73. The van der Waals surface area contributed by atoms with Gasteiger partial charge in [0.25, 0.3) is 5.56 Å². The van der Waals surface area contributed by atoms with E-state index in [9.17, 15) is 13.6 Å². The summed E-state index contributed by atoms with van der Waals surface area (Å²) < 4.78 is 28.3. The third-order valence-corrected chi connectivity index (χ3v) is 4.53. The number of thiazole rings is 1. The highest BCUT2D eigenvalue weighted by Gasteiger charge is 2.16. The van der Waals surface area contributed by atoms with E-state index in [1.807, 2.05) is 13.8 Å². The van der Waals surface area contributed by atoms with Crippen LogP contribution in [0, 0.1) is 11.6 Å². The van der Waals surface area contributed by atoms with Crippen LogP contribution in [0.1, 0.15) is 19.9 Å². The van der Waals surface area contributed by atoms with Gasteiger partial charge in [-0.3, -0.25) is 4.79 Å². The fourth-order valence-corrected chi connectivity index (χ4v) is 3.26. The maximum absolute atomic E-state index is 13.6. The van der Waals surface area contributed by atoms with Crippen LogP contribution in [0.3, 0.4) is 0 Å². The Bertz CT molecular complexity index is 963. The highest BCUT2D eigenvalue weighted by atomic mass is 32.1. The van der Waals surface area contributed by atoms with Crippen molar-refractivity contribution in [2.75, 3.05) is 5.73 Å². The van der Waals surface area contributed by atoms with Gasteiger partial charge in [-0.2, -0.15) is 0 Å². The second-order valence-electron chi connectivity index (χ2n) is 5.62. The number of anilines is 1. The van der Waals surface area contributed by atoms with Crippen molar-refractivity contribution in [1.29, 1.82) is 0 Å². The van der Waals surface area contributed by atoms with Gasteiger partial charge in [-0.25, -0.2) is 13.8 Å². The minimum atomic E-state index is -0.947. The molecule has 3 aromatic rings. The molecule has 124 valence electrons. The molecule has 0 fully saturated rings. The SMILES string of the molecule is CC(C)n1cc(-c2sc(N)nc2-c2ccc(F)c(F)c2)ccc1=O. The fraction of sp³-hybridized carbons (Fsp3) is 0.176. The summed E-state index contributed by atoms with van der Waals surface area (Å²) in [4.78, 5) is 16.9. The van der Waals surface area contributed by atoms with Crippen LogP contribution < -0.4 is 11.3 Å². The minimum absolute atomic E-state index is 0.00515. The lowest BCUT2D eigenvalue weighted by Gasteiger charge is -2.11. The van der Waals surface area contributed by atoms with Crippen LogP contribution >= 0.6 is 11.3 Å². The number of halogens is 2. The predicted octanol–water partition coefficient (Wildman–Crippen LogP) is 4.08. The number of pyridine rings is 1. The summed E-state index contributed by atoms with van der Waals surface area (Å²) in [6, 6.07) is 6.74. The molecule has 0 saturated carbocycles. The second kappa shape index (κ2) is 6.16. The molecule has 0 aliphatic rings. The molecule has 1 aromatic carbocycles. The third kappa shape index (κ3) is 2.94. The predicted molar refractivity (Wildman–Crippen MR) is 92.0 cm³/mol. The van der Waals surface area contributed by atoms with Crippen LogP contribution in [0.4, 0.5) is 13.9 Å². The van der Waals surface area contributed by atoms with E-state index in [1.54, 1.807) is 16.8 Å². The second-order valence-corrected chi connectivity index (χ2v) is 6.65. The lowest BCUT2D eigenvalue weighted by atomic mass is 10.1. The highest BCUT2D eigenvalue weighted by Crippen LogP contribution is 2.38. The number of nitrogen functional groups attached to an aromatic ring is 1. The number of hydrogen-bond donors (Lipinski definition) is 1. The van der Waals surface area contributed by atoms with Gasteiger partial charge >= 0.3 is 0 Å². The first-order valence-corrected chi connectivity index (χ1v) is 8.12. The highest BCUT2D eigenvalue weighted by molar-refractivity contribution is 7.19. The van der Waals surface area contributed by atoms with Crippen molar-refractivity contribution in [2.45, 2.75) is 19.9 Å². The molecule has 3 rings (SSSR count). The normalized spacial score (nSPS) is 11.2. The van der Waals surface area contributed by atoms with E-state index in [1.165, 1.54) is 23.5 Å². The average Bonchev–Trinajstić information content (AvgIpc) is 2.92. The molecule has 0 amide bonds. The molecule has 0 aliphatic carbocycles. The molecule has 0 radical (unpaired) electrons. The zero-order valence-electron chi connectivity index (χ0n) is 13.1. The molecule has 7 heteroatoms. The van der Waals surface area contributed by atoms with Gasteiger partial charge < -0.3 is 10.3 Å². The summed E-state index contributed by atoms with van der Waals surface area (Å²) in [7, 11) is 0. The number of benzene rings is 1. The number of aromatic nitrogens is 2. The minimum Gasteiger partial charge on any atom is -0.375 e. The van der Waals surface area contributed by atoms with Crippen LogP contribution in [0.15, 0.2) is 41.3 Å². The number of rotatable bonds is 3. The fourth-order valence-electron chi connectivity index (χ4n) is 2.41. The van der Waals surface area contributed by atoms with Crippen molar-refractivity contribution >= 4 is 16.5 Å². The average molecular weight is 347 g/mol. The summed E-state index contributed by atoms with van der Waals surface area (Å²) in [5.41, 5.74) is 7.35. The van der Waals surface area contributed by atoms with Crippen molar-refractivity contribution in [1.82, 2.24) is 9.55 Å². The molecule has 24 heavy (non-hydrogen) atoms. The van der Waals surface area contributed by atoms with Crippen LogP contribution in [0.25, 0.3) is 21.7 Å². The Hall–Kier alpha value is -2.54. The van der Waals surface area contributed by atoms with E-state index < -0.39 is 11.6 Å². The molecule has 2 aromatic heterocycles. The van der Waals surface area contributed by atoms with Crippen LogP contribution in [-0.4, -0.2) is 9.55 Å². The zero-order chi connectivity index (χ0) is 17.4. The van der Waals surface area contributed by atoms with Crippen LogP contribution in [0.5, 0.6) is 0 Å². The monoisotopic (exact) mass is 347 g/mol. The molecule has 0 spiro atoms. The molecular formula is C17H15F2N3OS. The van der Waals surface area contributed by atoms with Crippen molar-refractivity contribution < 1.29 is 8.78 Å². The first kappa shape index (κ1) is 16.3. The Balaban J connectivity index is 2.18. The number of hydrogen-bond acceptors (Lipinski definition) is 4. The van der Waals surface area contributed by atoms with Gasteiger partial charge in [-0.15, -0.1) is 0 Å². The van der Waals surface area contributed by atoms with E-state index in [2.05, 4.69) is 4.98 Å². The van der Waals surface area contributed by atoms with Gasteiger partial charge in [0.05, 0.1) is 10.6 Å². The van der Waals surface area contributed by atoms with Crippen LogP contribution in [0.2, 0.25) is 0 Å². The maximum Gasteiger partial charge on any atom is 0.250 e. The Labute approximate surface area is 141 Å². The van der Waals surface area contributed by atoms with Gasteiger partial charge in [0.1, 0.15) is 0 Å². The van der Waals surface area contributed by atoms with Gasteiger partial charge in [0.15, 0.2) is 16.8 Å². The summed E-state index contributed by atoms with van der Waals surface area (Å²) >= 11 is 1.23. The Kier molecular flexibility index (Phi) is 4.19. The van der Waals surface area contributed by atoms with Crippen molar-refractivity contribution in [3.8, 4) is 21.7 Å². The Morgan fingerprint density at radius 1 is 1.12 bits per heavy atom. The molecule has 0 aliphatic heterocycles. The lowest BCUT2D eigenvalue weighted by Crippen LogP contribution is -2.20. The van der Waals surface area contributed by atoms with E-state index in [0.29, 0.717) is 21.3 Å². The van der Waals surface area contributed by atoms with Gasteiger partial charge in [0, 0.05) is 29.4 Å². The molecule has 0 bridgehead atoms. The standard InChI is InChI=1S/C17H15F2N3OS/c1-9(2)22-8-11(4-6-14(22)23)16-15(21-17(20)24-16)10-3-5-12(18)13(19)7-10/h3-9H,1-2H3,(H2,20,21). The quantitative estimate of drug-likeness (QED) is 0.776. The maximum atomic E-state index is 13.6. The van der Waals surface area contributed by atoms with Crippen molar-refractivity contribution in [3.05, 3.63) is 58.5 Å². The first-order valence-electron chi connectivity index (χ1n) is 7.31. The molecule has 2 heterocycles. The van der Waals surface area contributed by atoms with Crippen LogP contribution in [-0.2, 0) is 0 Å². The number of nitrogens with zero attached hydrogens (tertiary/aromatic N) is 2. The summed E-state index contributed by atoms with van der Waals surface area (Å²) in [5.74, 6) is -1.87. The Morgan fingerprint density at radius 2 is 1.83 bits per heavy atom. The van der Waals surface area contributed by atoms with E-state index in [4.69, 9.17) is 5.73 Å². The summed E-state index contributed by atoms with van der Waals surface area (Å²) in [6.45, 7) is 3.81. The largest absolute Gasteiger partial charge is 0.375 e. The molecule has 0 saturated heterocycles. The molecule has 0 atom stereocenters. The molecule has 2 N–H and O–H groups in total. The van der Waals surface area contributed by atoms with Crippen molar-refractivity contribution in [2.24, 2.45) is 0 Å². The van der Waals surface area contributed by atoms with Gasteiger partial charge in [-0.1, -0.05) is 11.3 Å². The van der Waals surface area contributed by atoms with Crippen molar-refractivity contribution in [3.63, 3.8) is 0 Å². The molecular weight excluding hydrogens is 332 g/mol. The first-order chi connectivity index (χ1) is 11.4. The Morgan fingerprint density at radius 3 is 2.50 bits per heavy atom. The smallest absolute Gasteiger partial charge is 0.250 e. The van der Waals surface area contributed by atoms with Gasteiger partial charge in [-0.05, 0) is 38.1 Å².